The molecule has 0 atom stereocenters. The number of benzene rings is 3. The highest BCUT2D eigenvalue weighted by Gasteiger charge is 2.17. The van der Waals surface area contributed by atoms with Crippen molar-refractivity contribution in [1.82, 2.24) is 0 Å². The number of anilines is 2. The summed E-state index contributed by atoms with van der Waals surface area (Å²) in [5.41, 5.74) is 2.78. The average molecular weight is 439 g/mol. The molecule has 1 amide bonds. The number of nitro benzene ring substituents is 1. The Labute approximate surface area is 180 Å². The summed E-state index contributed by atoms with van der Waals surface area (Å²) in [7, 11) is -3.80. The van der Waals surface area contributed by atoms with Crippen LogP contribution in [-0.4, -0.2) is 19.2 Å². The van der Waals surface area contributed by atoms with Gasteiger partial charge < -0.3 is 5.32 Å². The molecule has 160 valence electrons. The zero-order valence-electron chi connectivity index (χ0n) is 17.0. The summed E-state index contributed by atoms with van der Waals surface area (Å²) in [4.78, 5) is 22.9. The van der Waals surface area contributed by atoms with Crippen LogP contribution in [0.5, 0.6) is 0 Å². The first kappa shape index (κ1) is 22.0. The molecule has 0 fully saturated rings. The number of aryl methyl sites for hydroxylation is 2. The zero-order valence-corrected chi connectivity index (χ0v) is 17.8. The first-order valence-corrected chi connectivity index (χ1v) is 10.9. The molecule has 0 saturated carbocycles. The maximum Gasteiger partial charge on any atom is 0.273 e. The fraction of sp³-hybridized carbons (Fsp3) is 0.136. The van der Waals surface area contributed by atoms with Gasteiger partial charge in [-0.05, 0) is 55.3 Å². The normalized spacial score (nSPS) is 11.0. The van der Waals surface area contributed by atoms with Gasteiger partial charge in [0.2, 0.25) is 5.91 Å². The number of nitro groups is 1. The van der Waals surface area contributed by atoms with Crippen molar-refractivity contribution in [3.8, 4) is 0 Å². The van der Waals surface area contributed by atoms with E-state index >= 15 is 0 Å². The lowest BCUT2D eigenvalue weighted by Gasteiger charge is -2.12. The van der Waals surface area contributed by atoms with E-state index in [1.54, 1.807) is 12.1 Å². The largest absolute Gasteiger partial charge is 0.326 e. The van der Waals surface area contributed by atoms with Gasteiger partial charge in [0, 0.05) is 17.3 Å². The highest BCUT2D eigenvalue weighted by Crippen LogP contribution is 2.23. The van der Waals surface area contributed by atoms with E-state index in [4.69, 9.17) is 0 Å². The smallest absolute Gasteiger partial charge is 0.273 e. The molecule has 2 N–H and O–H groups in total. The number of amides is 1. The second kappa shape index (κ2) is 8.97. The number of carbonyl (C=O) groups is 1. The quantitative estimate of drug-likeness (QED) is 0.423. The summed E-state index contributed by atoms with van der Waals surface area (Å²) < 4.78 is 27.9. The van der Waals surface area contributed by atoms with Crippen LogP contribution < -0.4 is 10.0 Å². The van der Waals surface area contributed by atoms with Crippen molar-refractivity contribution < 1.29 is 18.1 Å². The highest BCUT2D eigenvalue weighted by atomic mass is 32.2. The van der Waals surface area contributed by atoms with Crippen LogP contribution in [0.4, 0.5) is 17.1 Å². The number of hydrogen-bond acceptors (Lipinski definition) is 5. The minimum atomic E-state index is -3.80. The van der Waals surface area contributed by atoms with Crippen molar-refractivity contribution in [2.45, 2.75) is 25.2 Å². The van der Waals surface area contributed by atoms with Crippen LogP contribution in [0.3, 0.4) is 0 Å². The molecule has 0 radical (unpaired) electrons. The molecular formula is C22H21N3O5S. The second-order valence-electron chi connectivity index (χ2n) is 7.06. The van der Waals surface area contributed by atoms with E-state index in [2.05, 4.69) is 10.0 Å². The molecule has 0 saturated heterocycles. The van der Waals surface area contributed by atoms with E-state index in [0.29, 0.717) is 16.9 Å². The molecule has 3 rings (SSSR count). The maximum atomic E-state index is 12.7. The molecule has 0 unspecified atom stereocenters. The number of hydrogen-bond donors (Lipinski definition) is 2. The average Bonchev–Trinajstić information content (AvgIpc) is 2.71. The van der Waals surface area contributed by atoms with Crippen molar-refractivity contribution in [1.29, 1.82) is 0 Å². The Morgan fingerprint density at radius 2 is 1.68 bits per heavy atom. The standard InChI is InChI=1S/C22H21N3O5S/c1-15-7-8-16(2)20(13-15)24-31(29,30)19-11-9-18(10-12-19)23-22(26)14-17-5-3-4-6-21(17)25(27)28/h3-13,24H,14H2,1-2H3,(H,23,26). The summed E-state index contributed by atoms with van der Waals surface area (Å²) in [6, 6.07) is 17.2. The number of rotatable bonds is 7. The highest BCUT2D eigenvalue weighted by molar-refractivity contribution is 7.92. The monoisotopic (exact) mass is 439 g/mol. The lowest BCUT2D eigenvalue weighted by Crippen LogP contribution is -2.16. The number of nitrogens with zero attached hydrogens (tertiary/aromatic N) is 1. The Morgan fingerprint density at radius 1 is 1.00 bits per heavy atom. The van der Waals surface area contributed by atoms with E-state index in [-0.39, 0.29) is 17.0 Å². The first-order chi connectivity index (χ1) is 14.7. The van der Waals surface area contributed by atoms with Gasteiger partial charge in [0.25, 0.3) is 15.7 Å². The van der Waals surface area contributed by atoms with Gasteiger partial charge in [0.05, 0.1) is 21.9 Å². The van der Waals surface area contributed by atoms with E-state index < -0.39 is 20.9 Å². The summed E-state index contributed by atoms with van der Waals surface area (Å²) in [6.07, 6.45) is -0.175. The number of para-hydroxylation sites is 1. The van der Waals surface area contributed by atoms with Crippen molar-refractivity contribution in [2.75, 3.05) is 10.0 Å². The maximum absolute atomic E-state index is 12.7. The first-order valence-electron chi connectivity index (χ1n) is 9.38. The summed E-state index contributed by atoms with van der Waals surface area (Å²) in [5, 5.41) is 13.7. The third-order valence-electron chi connectivity index (χ3n) is 4.63. The Hall–Kier alpha value is -3.72. The van der Waals surface area contributed by atoms with Crippen LogP contribution in [0.2, 0.25) is 0 Å². The van der Waals surface area contributed by atoms with Gasteiger partial charge in [-0.3, -0.25) is 19.6 Å². The molecule has 0 aliphatic heterocycles. The van der Waals surface area contributed by atoms with Crippen molar-refractivity contribution >= 4 is 33.0 Å². The van der Waals surface area contributed by atoms with Gasteiger partial charge in [-0.2, -0.15) is 0 Å². The molecule has 0 heterocycles. The van der Waals surface area contributed by atoms with Gasteiger partial charge in [-0.1, -0.05) is 30.3 Å². The molecule has 0 aliphatic carbocycles. The molecular weight excluding hydrogens is 418 g/mol. The molecule has 3 aromatic rings. The fourth-order valence-electron chi connectivity index (χ4n) is 2.98. The predicted molar refractivity (Wildman–Crippen MR) is 119 cm³/mol. The minimum Gasteiger partial charge on any atom is -0.326 e. The molecule has 3 aromatic carbocycles. The molecule has 0 aromatic heterocycles. The van der Waals surface area contributed by atoms with Crippen LogP contribution in [0.15, 0.2) is 71.6 Å². The fourth-order valence-corrected chi connectivity index (χ4v) is 4.11. The molecule has 8 nitrogen and oxygen atoms in total. The van der Waals surface area contributed by atoms with Gasteiger partial charge in [0.1, 0.15) is 0 Å². The van der Waals surface area contributed by atoms with Crippen molar-refractivity contribution in [3.63, 3.8) is 0 Å². The van der Waals surface area contributed by atoms with Crippen LogP contribution in [0.1, 0.15) is 16.7 Å². The van der Waals surface area contributed by atoms with Crippen LogP contribution in [-0.2, 0) is 21.2 Å². The third kappa shape index (κ3) is 5.46. The minimum absolute atomic E-state index is 0.0464. The van der Waals surface area contributed by atoms with Gasteiger partial charge >= 0.3 is 0 Å². The molecule has 9 heteroatoms. The number of carbonyl (C=O) groups excluding carboxylic acids is 1. The lowest BCUT2D eigenvalue weighted by molar-refractivity contribution is -0.385. The molecule has 0 bridgehead atoms. The Morgan fingerprint density at radius 3 is 2.35 bits per heavy atom. The van der Waals surface area contributed by atoms with E-state index in [1.807, 2.05) is 26.0 Å². The van der Waals surface area contributed by atoms with E-state index in [1.165, 1.54) is 42.5 Å². The number of sulfonamides is 1. The van der Waals surface area contributed by atoms with Crippen molar-refractivity contribution in [2.24, 2.45) is 0 Å². The SMILES string of the molecule is Cc1ccc(C)c(NS(=O)(=O)c2ccc(NC(=O)Cc3ccccc3[N+](=O)[O-])cc2)c1. The zero-order chi connectivity index (χ0) is 22.6. The van der Waals surface area contributed by atoms with E-state index in [9.17, 15) is 23.3 Å². The van der Waals surface area contributed by atoms with Gasteiger partial charge in [0.15, 0.2) is 0 Å². The van der Waals surface area contributed by atoms with Crippen LogP contribution in [0.25, 0.3) is 0 Å². The van der Waals surface area contributed by atoms with Crippen molar-refractivity contribution in [3.05, 3.63) is 93.5 Å². The summed E-state index contributed by atoms with van der Waals surface area (Å²) in [6.45, 7) is 3.69. The number of nitrogens with one attached hydrogen (secondary N) is 2. The Bertz CT molecular complexity index is 1240. The summed E-state index contributed by atoms with van der Waals surface area (Å²) >= 11 is 0. The van der Waals surface area contributed by atoms with Gasteiger partial charge in [-0.25, -0.2) is 8.42 Å². The van der Waals surface area contributed by atoms with E-state index in [0.717, 1.165) is 11.1 Å². The second-order valence-corrected chi connectivity index (χ2v) is 8.74. The molecule has 0 aliphatic rings. The Kier molecular flexibility index (Phi) is 6.36. The predicted octanol–water partition coefficient (Wildman–Crippen LogP) is 4.19. The van der Waals surface area contributed by atoms with Crippen LogP contribution >= 0.6 is 0 Å². The van der Waals surface area contributed by atoms with Crippen LogP contribution in [0, 0.1) is 24.0 Å². The Balaban J connectivity index is 1.70. The topological polar surface area (TPSA) is 118 Å². The third-order valence-corrected chi connectivity index (χ3v) is 6.01. The van der Waals surface area contributed by atoms with Gasteiger partial charge in [-0.15, -0.1) is 0 Å². The molecule has 0 spiro atoms. The molecule has 31 heavy (non-hydrogen) atoms. The lowest BCUT2D eigenvalue weighted by atomic mass is 10.1. The summed E-state index contributed by atoms with van der Waals surface area (Å²) in [5.74, 6) is -0.446.